The number of nitrogens with one attached hydrogen (secondary N) is 3. The molecule has 0 bridgehead atoms. The molecule has 6 saturated heterocycles. The number of hydrogen-bond donors (Lipinski definition) is 9. The summed E-state index contributed by atoms with van der Waals surface area (Å²) < 4.78 is 57.5. The van der Waals surface area contributed by atoms with E-state index in [0.29, 0.717) is 162 Å². The zero-order valence-electron chi connectivity index (χ0n) is 74.5. The van der Waals surface area contributed by atoms with Gasteiger partial charge in [0.2, 0.25) is 0 Å². The smallest absolute Gasteiger partial charge is 0.338 e. The summed E-state index contributed by atoms with van der Waals surface area (Å²) in [5, 5.41) is 79.4. The first-order valence-corrected chi connectivity index (χ1v) is 48.2. The maximum atomic E-state index is 14.0. The van der Waals surface area contributed by atoms with Gasteiger partial charge in [-0.05, 0) is 96.1 Å². The van der Waals surface area contributed by atoms with Gasteiger partial charge < -0.3 is 75.5 Å². The van der Waals surface area contributed by atoms with Crippen molar-refractivity contribution < 1.29 is 101 Å². The zero-order chi connectivity index (χ0) is 98.9. The molecule has 9 aliphatic rings. The molecule has 4 aromatic heterocycles. The maximum Gasteiger partial charge on any atom is 0.338 e. The lowest BCUT2D eigenvalue weighted by Gasteiger charge is -2.38. The Morgan fingerprint density at radius 3 is 1.21 bits per heavy atom. The molecule has 6 amide bonds. The number of Topliss-reactive ketones (excluding diaryl/α,β-unsaturated/α-hetero) is 1. The highest BCUT2D eigenvalue weighted by Gasteiger charge is 2.48. The van der Waals surface area contributed by atoms with Crippen molar-refractivity contribution in [2.45, 2.75) is 67.6 Å². The highest BCUT2D eigenvalue weighted by molar-refractivity contribution is 7.14. The van der Waals surface area contributed by atoms with Crippen LogP contribution in [-0.4, -0.2) is 301 Å². The molecule has 6 aromatic carbocycles. The van der Waals surface area contributed by atoms with Crippen molar-refractivity contribution in [3.8, 4) is 0 Å². The molecular formula is C93H87Cl3F3N19O18S4. The van der Waals surface area contributed by atoms with E-state index in [-0.39, 0.29) is 97.9 Å². The van der Waals surface area contributed by atoms with Crippen molar-refractivity contribution in [2.24, 2.45) is 15.0 Å². The van der Waals surface area contributed by atoms with Crippen LogP contribution in [0, 0.1) is 17.5 Å². The van der Waals surface area contributed by atoms with Crippen LogP contribution in [0.3, 0.4) is 0 Å². The monoisotopic (exact) mass is 2050 g/mol. The molecule has 728 valence electrons. The summed E-state index contributed by atoms with van der Waals surface area (Å²) in [6, 6.07) is 24.8. The Hall–Kier alpha value is -13.1. The lowest BCUT2D eigenvalue weighted by molar-refractivity contribution is -0.153. The standard InChI is InChI=1S/C33H28ClFN6O5S.C31H30ClFN6O7S.C29H29ClFN7O6S2/c1-46-32(44)27-26(37-29(30-36-8-11-47-30)38-28(27)24-7-5-21(35)14-25(24)34)17-39-9-10-40-23(15-39)16-41(33(40)45)22-6-4-18-12-20(31(42)43)3-2-19(18)13-22;1-46-30(44)23-22(35-27(28-34-8-11-47-28)36-24(23)20-7-4-17(33)12-21(20)32)15-37-9-10-38-19(13-37)14-39(31(38)45)18-5-2-16(3-6-18)25(40)26(41)29(42)43;1-14(39)23(40)24(41)20-13-46-28(34-20)38-11-16-10-36(6-7-37(16)29(38)43)12-19-21(27(42)44-2)22(17-4-3-15(31)9-18(17)30)35-25(33-19)26-32-5-8-45-26/h2-8,11-14,23,28H,9-10,15-17H2,1H3,(H,37,38)(H,42,43);2-8,11-12,19,24-26,40-41H,9-10,13-15H2,1H3,(H,35,36)(H,42,43);3-5,8-9,13,16,22-24,40-41H,6-7,10-12H2,1-2H3,(H,33,35)/t23-,28-;19-,24-,25?,26?;16-,22-,23?,24?/m000/s1. The number of aliphatic carboxylic acids is 1. The Morgan fingerprint density at radius 2 is 0.836 bits per heavy atom. The number of aromatic carboxylic acids is 1. The quantitative estimate of drug-likeness (QED) is 0.0190. The first kappa shape index (κ1) is 98.5. The van der Waals surface area contributed by atoms with Gasteiger partial charge in [-0.2, -0.15) is 0 Å². The second-order valence-electron chi connectivity index (χ2n) is 33.5. The third kappa shape index (κ3) is 20.6. The van der Waals surface area contributed by atoms with Crippen molar-refractivity contribution in [1.29, 1.82) is 0 Å². The number of carboxylic acids is 2. The summed E-state index contributed by atoms with van der Waals surface area (Å²) in [6.45, 7) is 7.56. The van der Waals surface area contributed by atoms with Gasteiger partial charge in [-0.25, -0.2) is 71.5 Å². The van der Waals surface area contributed by atoms with Gasteiger partial charge >= 0.3 is 47.9 Å². The number of fused-ring (bicyclic) bond motifs is 4. The number of ether oxygens (including phenoxy) is 3. The van der Waals surface area contributed by atoms with Gasteiger partial charge in [0.15, 0.2) is 49.5 Å². The number of aliphatic hydroxyl groups is 4. The minimum Gasteiger partial charge on any atom is -0.479 e. The number of rotatable bonds is 25. The molecule has 0 saturated carbocycles. The first-order chi connectivity index (χ1) is 67.3. The number of thiazole rings is 4. The molecule has 6 fully saturated rings. The van der Waals surface area contributed by atoms with E-state index in [1.807, 2.05) is 28.5 Å². The molecule has 0 radical (unpaired) electrons. The van der Waals surface area contributed by atoms with Crippen LogP contribution >= 0.6 is 80.1 Å². The number of halogens is 6. The predicted octanol–water partition coefficient (Wildman–Crippen LogP) is 10.0. The molecule has 9 aliphatic heterocycles. The van der Waals surface area contributed by atoms with Crippen LogP contribution in [0.4, 0.5) is 44.1 Å². The number of nitrogens with zero attached hydrogens (tertiary/aromatic N) is 16. The molecule has 140 heavy (non-hydrogen) atoms. The van der Waals surface area contributed by atoms with Crippen LogP contribution in [0.1, 0.15) is 90.6 Å². The number of urea groups is 3. The van der Waals surface area contributed by atoms with Crippen LogP contribution in [0.5, 0.6) is 0 Å². The molecule has 9 N–H and O–H groups in total. The number of carbonyl (C=O) groups is 9. The summed E-state index contributed by atoms with van der Waals surface area (Å²) in [5.74, 6) is -5.19. The minimum atomic E-state index is -1.98. The summed E-state index contributed by atoms with van der Waals surface area (Å²) in [6.07, 6.45) is -1.76. The number of benzene rings is 6. The van der Waals surface area contributed by atoms with Crippen LogP contribution < -0.4 is 30.7 Å². The highest BCUT2D eigenvalue weighted by Crippen LogP contribution is 2.44. The predicted molar refractivity (Wildman–Crippen MR) is 514 cm³/mol. The molecule has 19 rings (SSSR count). The van der Waals surface area contributed by atoms with E-state index >= 15 is 0 Å². The van der Waals surface area contributed by atoms with E-state index in [4.69, 9.17) is 69.1 Å². The number of aromatic nitrogens is 4. The normalized spacial score (nSPS) is 20.9. The number of carbonyl (C=O) groups excluding carboxylic acids is 7. The van der Waals surface area contributed by atoms with E-state index in [2.05, 4.69) is 50.6 Å². The third-order valence-corrected chi connectivity index (χ3v) is 29.2. The number of ketones is 1. The number of aliphatic imine (C=N–C) groups is 3. The van der Waals surface area contributed by atoms with Gasteiger partial charge in [-0.3, -0.25) is 49.2 Å². The molecule has 0 aliphatic carbocycles. The van der Waals surface area contributed by atoms with Gasteiger partial charge in [0.1, 0.15) is 53.9 Å². The fourth-order valence-electron chi connectivity index (χ4n) is 18.0. The average Bonchev–Trinajstić information content (AvgIpc) is 1.44. The number of carboxylic acid groups (broad SMARTS) is 2. The molecule has 13 heterocycles. The van der Waals surface area contributed by atoms with Crippen LogP contribution in [0.25, 0.3) is 10.8 Å². The van der Waals surface area contributed by atoms with E-state index in [1.54, 1.807) is 79.3 Å². The largest absolute Gasteiger partial charge is 0.479 e. The number of amides is 6. The Bertz CT molecular complexity index is 6720. The van der Waals surface area contributed by atoms with Crippen molar-refractivity contribution in [3.63, 3.8) is 0 Å². The fraction of sp³-hybridized carbons (Fsp3) is 0.312. The number of methoxy groups -OCH3 is 3. The van der Waals surface area contributed by atoms with Crippen molar-refractivity contribution >= 4 is 179 Å². The summed E-state index contributed by atoms with van der Waals surface area (Å²) in [7, 11) is 3.85. The van der Waals surface area contributed by atoms with Gasteiger partial charge in [-0.15, -0.1) is 45.3 Å². The van der Waals surface area contributed by atoms with Gasteiger partial charge in [0.05, 0.1) is 74.0 Å². The fourth-order valence-corrected chi connectivity index (χ4v) is 21.5. The van der Waals surface area contributed by atoms with Crippen LogP contribution in [-0.2, 0) is 38.2 Å². The van der Waals surface area contributed by atoms with Crippen LogP contribution in [0.2, 0.25) is 15.1 Å². The number of hydrogen-bond acceptors (Lipinski definition) is 33. The second kappa shape index (κ2) is 42.2. The topological polar surface area (TPSA) is 457 Å². The Kier molecular flexibility index (Phi) is 29.7. The van der Waals surface area contributed by atoms with Gasteiger partial charge in [-0.1, -0.05) is 77.3 Å². The van der Waals surface area contributed by atoms with Crippen molar-refractivity contribution in [1.82, 2.24) is 65.3 Å². The minimum absolute atomic E-state index is 0.0920. The van der Waals surface area contributed by atoms with Gasteiger partial charge in [0.25, 0.3) is 0 Å². The lowest BCUT2D eigenvalue weighted by Crippen LogP contribution is -2.53. The van der Waals surface area contributed by atoms with E-state index in [9.17, 15) is 81.9 Å². The van der Waals surface area contributed by atoms with Gasteiger partial charge in [0, 0.05) is 192 Å². The number of aliphatic hydroxyl groups excluding tert-OH is 4. The zero-order valence-corrected chi connectivity index (χ0v) is 80.1. The molecule has 0 spiro atoms. The van der Waals surface area contributed by atoms with E-state index < -0.39 is 95.6 Å². The van der Waals surface area contributed by atoms with Crippen molar-refractivity contribution in [2.75, 3.05) is 134 Å². The summed E-state index contributed by atoms with van der Waals surface area (Å²) in [4.78, 5) is 163. The molecule has 10 atom stereocenters. The van der Waals surface area contributed by atoms with Crippen molar-refractivity contribution in [3.05, 3.63) is 270 Å². The maximum absolute atomic E-state index is 14.0. The Labute approximate surface area is 826 Å². The van der Waals surface area contributed by atoms with E-state index in [0.717, 1.165) is 27.8 Å². The molecule has 10 aromatic rings. The van der Waals surface area contributed by atoms with Crippen LogP contribution in [0.15, 0.2) is 204 Å². The number of esters is 3. The lowest BCUT2D eigenvalue weighted by atomic mass is 9.95. The molecule has 37 nitrogen and oxygen atoms in total. The molecular weight excluding hydrogens is 1960 g/mol. The molecule has 47 heteroatoms. The SMILES string of the molecule is COC(=O)C1=C(CN2CCN3C(=O)N(c4ccc(C(O)C(O)C(=O)O)cc4)C[C@@H]3C2)NC(c2nccs2)=N[C@H]1c1ccc(F)cc1Cl.COC(=O)C1=C(CN2CCN3C(=O)N(c4ccc5cc(C(=O)O)ccc5c4)C[C@@H]3C2)NC(c2nccs2)=N[C@H]1c1ccc(F)cc1Cl.COC(=O)C1=C(CN2CCN3C(=O)N(c4nc(C(O)C(O)C(C)=O)cs4)C[C@@H]3C2)NC(c2nccs2)=N[C@H]1c1ccc(F)cc1Cl. The number of anilines is 3. The third-order valence-electron chi connectivity index (χ3n) is 25.0. The second-order valence-corrected chi connectivity index (χ2v) is 38.3. The number of amidine groups is 3. The first-order valence-electron chi connectivity index (χ1n) is 43.5. The summed E-state index contributed by atoms with van der Waals surface area (Å²) >= 11 is 24.7. The molecule has 4 unspecified atom stereocenters. The average molecular weight is 2050 g/mol. The number of piperazine rings is 3. The Morgan fingerprint density at radius 1 is 0.457 bits per heavy atom. The Balaban J connectivity index is 0.000000145. The highest BCUT2D eigenvalue weighted by atomic mass is 35.5. The summed E-state index contributed by atoms with van der Waals surface area (Å²) in [5.41, 5.74) is 5.45. The van der Waals surface area contributed by atoms with E-state index in [1.165, 1.54) is 139 Å².